The van der Waals surface area contributed by atoms with E-state index in [-0.39, 0.29) is 6.61 Å². The first-order chi connectivity index (χ1) is 12.1. The van der Waals surface area contributed by atoms with E-state index >= 15 is 0 Å². The van der Waals surface area contributed by atoms with Crippen LogP contribution in [-0.2, 0) is 0 Å². The number of rotatable bonds is 6. The van der Waals surface area contributed by atoms with E-state index in [1.54, 1.807) is 29.9 Å². The van der Waals surface area contributed by atoms with Crippen molar-refractivity contribution in [1.29, 1.82) is 0 Å². The van der Waals surface area contributed by atoms with Crippen LogP contribution in [0.1, 0.15) is 17.5 Å². The highest BCUT2D eigenvalue weighted by Gasteiger charge is 2.14. The third kappa shape index (κ3) is 4.31. The number of ether oxygens (including phenoxy) is 1. The summed E-state index contributed by atoms with van der Waals surface area (Å²) < 4.78 is 6.71. The van der Waals surface area contributed by atoms with E-state index in [1.165, 1.54) is 11.3 Å². The van der Waals surface area contributed by atoms with Crippen LogP contribution < -0.4 is 10.1 Å². The molecule has 3 aromatic heterocycles. The Bertz CT molecular complexity index is 874. The fourth-order valence-electron chi connectivity index (χ4n) is 1.98. The SMILES string of the molecule is Cc1ncccc1Oc1cc(Br)cnc1Nc1nc([C@@H](O)CO)cs1. The number of anilines is 2. The molecule has 0 saturated carbocycles. The maximum absolute atomic E-state index is 9.64. The van der Waals surface area contributed by atoms with Crippen molar-refractivity contribution in [1.82, 2.24) is 15.0 Å². The van der Waals surface area contributed by atoms with E-state index in [0.29, 0.717) is 28.1 Å². The lowest BCUT2D eigenvalue weighted by Crippen LogP contribution is -2.03. The van der Waals surface area contributed by atoms with E-state index in [1.807, 2.05) is 13.0 Å². The molecule has 0 aliphatic carbocycles. The Kier molecular flexibility index (Phi) is 5.59. The highest BCUT2D eigenvalue weighted by Crippen LogP contribution is 2.34. The monoisotopic (exact) mass is 422 g/mol. The number of pyridine rings is 2. The molecular weight excluding hydrogens is 408 g/mol. The number of aliphatic hydroxyl groups is 2. The Morgan fingerprint density at radius 3 is 2.96 bits per heavy atom. The van der Waals surface area contributed by atoms with Crippen LogP contribution in [0.15, 0.2) is 40.4 Å². The zero-order valence-electron chi connectivity index (χ0n) is 13.2. The van der Waals surface area contributed by atoms with Crippen LogP contribution in [0, 0.1) is 6.92 Å². The second-order valence-corrected chi connectivity index (χ2v) is 6.86. The maximum atomic E-state index is 9.64. The van der Waals surface area contributed by atoms with E-state index in [4.69, 9.17) is 9.84 Å². The summed E-state index contributed by atoms with van der Waals surface area (Å²) in [4.78, 5) is 12.8. The summed E-state index contributed by atoms with van der Waals surface area (Å²) in [5, 5.41) is 23.9. The van der Waals surface area contributed by atoms with Crippen molar-refractivity contribution < 1.29 is 14.9 Å². The molecule has 0 fully saturated rings. The fourth-order valence-corrected chi connectivity index (χ4v) is 3.05. The van der Waals surface area contributed by atoms with Crippen molar-refractivity contribution >= 4 is 38.2 Å². The molecule has 25 heavy (non-hydrogen) atoms. The summed E-state index contributed by atoms with van der Waals surface area (Å²) in [7, 11) is 0. The molecule has 3 N–H and O–H groups in total. The van der Waals surface area contributed by atoms with E-state index in [0.717, 1.165) is 10.2 Å². The largest absolute Gasteiger partial charge is 0.452 e. The van der Waals surface area contributed by atoms with Crippen LogP contribution in [0.2, 0.25) is 0 Å². The molecule has 130 valence electrons. The van der Waals surface area contributed by atoms with Crippen molar-refractivity contribution in [3.05, 3.63) is 51.8 Å². The van der Waals surface area contributed by atoms with Gasteiger partial charge >= 0.3 is 0 Å². The molecule has 0 amide bonds. The molecule has 3 heterocycles. The van der Waals surface area contributed by atoms with Crippen LogP contribution in [0.4, 0.5) is 10.9 Å². The molecule has 0 aliphatic rings. The molecule has 1 atom stereocenters. The van der Waals surface area contributed by atoms with Gasteiger partial charge in [-0.2, -0.15) is 0 Å². The number of thiazole rings is 1. The van der Waals surface area contributed by atoms with Gasteiger partial charge in [-0.1, -0.05) is 0 Å². The summed E-state index contributed by atoms with van der Waals surface area (Å²) in [6.45, 7) is 1.48. The average Bonchev–Trinajstić information content (AvgIpc) is 3.07. The van der Waals surface area contributed by atoms with Gasteiger partial charge in [-0.15, -0.1) is 11.3 Å². The Hall–Kier alpha value is -2.07. The molecule has 3 rings (SSSR count). The van der Waals surface area contributed by atoms with Gasteiger partial charge < -0.3 is 20.3 Å². The molecule has 0 bridgehead atoms. The molecule has 0 radical (unpaired) electrons. The standard InChI is InChI=1S/C16H15BrN4O3S/c1-9-13(3-2-4-18-9)24-14-5-10(17)6-19-15(14)21-16-20-11(8-25-16)12(23)7-22/h2-6,8,12,22-23H,7H2,1H3,(H,19,20,21)/t12-/m0/s1. The summed E-state index contributed by atoms with van der Waals surface area (Å²) in [5.41, 5.74) is 1.16. The third-order valence-corrected chi connectivity index (χ3v) is 4.47. The van der Waals surface area contributed by atoms with Gasteiger partial charge in [0.25, 0.3) is 0 Å². The maximum Gasteiger partial charge on any atom is 0.188 e. The Labute approximate surface area is 156 Å². The van der Waals surface area contributed by atoms with Gasteiger partial charge in [0.05, 0.1) is 18.0 Å². The van der Waals surface area contributed by atoms with Crippen molar-refractivity contribution in [2.24, 2.45) is 0 Å². The van der Waals surface area contributed by atoms with Gasteiger partial charge in [-0.3, -0.25) is 4.98 Å². The normalized spacial score (nSPS) is 12.0. The van der Waals surface area contributed by atoms with Gasteiger partial charge in [0.1, 0.15) is 11.9 Å². The first-order valence-corrected chi connectivity index (χ1v) is 9.00. The smallest absolute Gasteiger partial charge is 0.188 e. The number of nitrogens with zero attached hydrogens (tertiary/aromatic N) is 3. The number of nitrogens with one attached hydrogen (secondary N) is 1. The molecule has 3 aromatic rings. The number of aromatic nitrogens is 3. The van der Waals surface area contributed by atoms with Crippen molar-refractivity contribution in [2.45, 2.75) is 13.0 Å². The lowest BCUT2D eigenvalue weighted by atomic mass is 10.3. The molecule has 0 aliphatic heterocycles. The Morgan fingerprint density at radius 1 is 1.36 bits per heavy atom. The molecule has 9 heteroatoms. The number of aliphatic hydroxyl groups excluding tert-OH is 2. The first kappa shape index (κ1) is 17.7. The zero-order chi connectivity index (χ0) is 17.8. The fraction of sp³-hybridized carbons (Fsp3) is 0.188. The highest BCUT2D eigenvalue weighted by molar-refractivity contribution is 9.10. The highest BCUT2D eigenvalue weighted by atomic mass is 79.9. The van der Waals surface area contributed by atoms with E-state index < -0.39 is 6.10 Å². The third-order valence-electron chi connectivity index (χ3n) is 3.26. The van der Waals surface area contributed by atoms with Crippen LogP contribution in [0.5, 0.6) is 11.5 Å². The molecule has 7 nitrogen and oxygen atoms in total. The number of aryl methyl sites for hydroxylation is 1. The second-order valence-electron chi connectivity index (χ2n) is 5.09. The minimum Gasteiger partial charge on any atom is -0.452 e. The number of hydrogen-bond acceptors (Lipinski definition) is 8. The van der Waals surface area contributed by atoms with Crippen LogP contribution in [0.25, 0.3) is 0 Å². The quantitative estimate of drug-likeness (QED) is 0.557. The molecule has 0 aromatic carbocycles. The number of hydrogen-bond donors (Lipinski definition) is 3. The van der Waals surface area contributed by atoms with E-state index in [2.05, 4.69) is 36.2 Å². The Balaban J connectivity index is 1.86. The zero-order valence-corrected chi connectivity index (χ0v) is 15.6. The van der Waals surface area contributed by atoms with Crippen LogP contribution >= 0.6 is 27.3 Å². The lowest BCUT2D eigenvalue weighted by Gasteiger charge is -2.12. The topological polar surface area (TPSA) is 100 Å². The minimum atomic E-state index is -1.00. The van der Waals surface area contributed by atoms with Gasteiger partial charge in [0.2, 0.25) is 0 Å². The predicted molar refractivity (Wildman–Crippen MR) is 98.4 cm³/mol. The average molecular weight is 423 g/mol. The van der Waals surface area contributed by atoms with Crippen molar-refractivity contribution in [3.8, 4) is 11.5 Å². The van der Waals surface area contributed by atoms with Gasteiger partial charge in [-0.05, 0) is 35.0 Å². The molecule has 0 unspecified atom stereocenters. The predicted octanol–water partition coefficient (Wildman–Crippen LogP) is 3.57. The minimum absolute atomic E-state index is 0.381. The first-order valence-electron chi connectivity index (χ1n) is 7.33. The van der Waals surface area contributed by atoms with Gasteiger partial charge in [0.15, 0.2) is 16.7 Å². The Morgan fingerprint density at radius 2 is 2.20 bits per heavy atom. The molecular formula is C16H15BrN4O3S. The summed E-state index contributed by atoms with van der Waals surface area (Å²) in [6.07, 6.45) is 2.34. The summed E-state index contributed by atoms with van der Waals surface area (Å²) in [5.74, 6) is 1.61. The van der Waals surface area contributed by atoms with Crippen LogP contribution in [0.3, 0.4) is 0 Å². The van der Waals surface area contributed by atoms with E-state index in [9.17, 15) is 5.11 Å². The van der Waals surface area contributed by atoms with Crippen LogP contribution in [-0.4, -0.2) is 31.8 Å². The summed E-state index contributed by atoms with van der Waals surface area (Å²) in [6, 6.07) is 5.41. The number of halogens is 1. The second kappa shape index (κ2) is 7.87. The molecule has 0 saturated heterocycles. The van der Waals surface area contributed by atoms with Crippen molar-refractivity contribution in [2.75, 3.05) is 11.9 Å². The lowest BCUT2D eigenvalue weighted by molar-refractivity contribution is 0.0928. The summed E-state index contributed by atoms with van der Waals surface area (Å²) >= 11 is 4.68. The molecule has 0 spiro atoms. The van der Waals surface area contributed by atoms with Gasteiger partial charge in [-0.25, -0.2) is 9.97 Å². The van der Waals surface area contributed by atoms with Gasteiger partial charge in [0, 0.05) is 28.3 Å². The van der Waals surface area contributed by atoms with Crippen molar-refractivity contribution in [3.63, 3.8) is 0 Å².